The minimum atomic E-state index is -1.62. The van der Waals surface area contributed by atoms with E-state index in [-0.39, 0.29) is 35.6 Å². The van der Waals surface area contributed by atoms with Crippen LogP contribution in [0.5, 0.6) is 0 Å². The van der Waals surface area contributed by atoms with Crippen LogP contribution in [-0.4, -0.2) is 135 Å². The van der Waals surface area contributed by atoms with Crippen molar-refractivity contribution in [1.29, 1.82) is 0 Å². The zero-order valence-corrected chi connectivity index (χ0v) is 31.0. The molecule has 4 heterocycles. The lowest BCUT2D eigenvalue weighted by Crippen LogP contribution is -2.64. The third-order valence-electron chi connectivity index (χ3n) is 15.7. The van der Waals surface area contributed by atoms with E-state index in [1.807, 2.05) is 0 Å². The molecule has 0 aromatic heterocycles. The molecule has 8 aliphatic rings. The highest BCUT2D eigenvalue weighted by Gasteiger charge is 2.69. The van der Waals surface area contributed by atoms with Crippen LogP contribution in [0, 0.1) is 46.3 Å². The summed E-state index contributed by atoms with van der Waals surface area (Å²) in [4.78, 5) is 0. The van der Waals surface area contributed by atoms with Gasteiger partial charge >= 0.3 is 0 Å². The highest BCUT2D eigenvalue weighted by molar-refractivity contribution is 5.26. The van der Waals surface area contributed by atoms with Gasteiger partial charge in [-0.15, -0.1) is 0 Å². The van der Waals surface area contributed by atoms with Gasteiger partial charge in [0.15, 0.2) is 18.4 Å². The Bertz CT molecular complexity index is 1320. The fourth-order valence-corrected chi connectivity index (χ4v) is 12.6. The number of aliphatic hydroxyl groups excluding tert-OH is 7. The van der Waals surface area contributed by atoms with Gasteiger partial charge in [0.25, 0.3) is 0 Å². The quantitative estimate of drug-likeness (QED) is 0.193. The third-order valence-corrected chi connectivity index (χ3v) is 15.7. The first-order valence-electron chi connectivity index (χ1n) is 20.0. The molecule has 4 saturated heterocycles. The van der Waals surface area contributed by atoms with Crippen LogP contribution < -0.4 is 0 Å². The molecule has 296 valence electrons. The Morgan fingerprint density at radius 1 is 0.808 bits per heavy atom. The first kappa shape index (κ1) is 38.1. The van der Waals surface area contributed by atoms with Crippen molar-refractivity contribution >= 4 is 0 Å². The molecule has 0 radical (unpaired) electrons. The van der Waals surface area contributed by atoms with Gasteiger partial charge in [-0.2, -0.15) is 0 Å². The minimum Gasteiger partial charge on any atom is -0.396 e. The van der Waals surface area contributed by atoms with Crippen molar-refractivity contribution in [3.8, 4) is 0 Å². The highest BCUT2D eigenvalue weighted by Crippen LogP contribution is 2.70. The summed E-state index contributed by atoms with van der Waals surface area (Å²) in [6.07, 6.45) is -2.45. The second kappa shape index (κ2) is 14.0. The maximum atomic E-state index is 11.1. The monoisotopic (exact) mass is 738 g/mol. The maximum absolute atomic E-state index is 11.1. The lowest BCUT2D eigenvalue weighted by molar-refractivity contribution is -0.369. The fourth-order valence-electron chi connectivity index (χ4n) is 12.6. The van der Waals surface area contributed by atoms with E-state index in [2.05, 4.69) is 26.8 Å². The Labute approximate surface area is 306 Å². The predicted octanol–water partition coefficient (Wildman–Crippen LogP) is 1.36. The molecule has 7 N–H and O–H groups in total. The molecule has 0 unspecified atom stereocenters. The molecule has 0 aromatic carbocycles. The summed E-state index contributed by atoms with van der Waals surface area (Å²) in [7, 11) is 0. The summed E-state index contributed by atoms with van der Waals surface area (Å²) in [5.41, 5.74) is 1.60. The Balaban J connectivity index is 0.958. The van der Waals surface area contributed by atoms with E-state index in [4.69, 9.17) is 28.4 Å². The molecular weight excluding hydrogens is 676 g/mol. The summed E-state index contributed by atoms with van der Waals surface area (Å²) < 4.78 is 37.5. The van der Waals surface area contributed by atoms with Crippen LogP contribution in [0.25, 0.3) is 0 Å². The third kappa shape index (κ3) is 5.90. The summed E-state index contributed by atoms with van der Waals surface area (Å²) in [6.45, 7) is 9.02. The van der Waals surface area contributed by atoms with Gasteiger partial charge in [-0.05, 0) is 92.8 Å². The molecule has 4 aliphatic heterocycles. The van der Waals surface area contributed by atoms with Crippen LogP contribution in [0.3, 0.4) is 0 Å². The summed E-state index contributed by atoms with van der Waals surface area (Å²) in [5, 5.41) is 72.6. The van der Waals surface area contributed by atoms with Crippen LogP contribution in [-0.2, 0) is 28.4 Å². The van der Waals surface area contributed by atoms with Crippen molar-refractivity contribution in [1.82, 2.24) is 0 Å². The van der Waals surface area contributed by atoms with Crippen molar-refractivity contribution < 1.29 is 64.2 Å². The van der Waals surface area contributed by atoms with Gasteiger partial charge in [0.05, 0.1) is 31.5 Å². The molecule has 13 nitrogen and oxygen atoms in total. The first-order chi connectivity index (χ1) is 24.7. The average Bonchev–Trinajstić information content (AvgIpc) is 3.58. The molecule has 0 amide bonds. The molecule has 8 rings (SSSR count). The zero-order chi connectivity index (χ0) is 36.9. The minimum absolute atomic E-state index is 0.0289. The second-order valence-electron chi connectivity index (χ2n) is 18.2. The second-order valence-corrected chi connectivity index (χ2v) is 18.2. The van der Waals surface area contributed by atoms with Crippen LogP contribution >= 0.6 is 0 Å². The molecular formula is C39H62O13. The molecule has 7 fully saturated rings. The van der Waals surface area contributed by atoms with Gasteiger partial charge < -0.3 is 64.2 Å². The van der Waals surface area contributed by atoms with Crippen LogP contribution in [0.1, 0.15) is 85.5 Å². The largest absolute Gasteiger partial charge is 0.396 e. The Morgan fingerprint density at radius 3 is 2.31 bits per heavy atom. The van der Waals surface area contributed by atoms with E-state index in [0.717, 1.165) is 38.5 Å². The maximum Gasteiger partial charge on any atom is 0.187 e. The van der Waals surface area contributed by atoms with Crippen molar-refractivity contribution in [2.24, 2.45) is 46.3 Å². The van der Waals surface area contributed by atoms with Crippen molar-refractivity contribution in [2.75, 3.05) is 19.8 Å². The average molecular weight is 739 g/mol. The number of fused-ring (bicyclic) bond motifs is 7. The first-order valence-corrected chi connectivity index (χ1v) is 20.0. The standard InChI is InChI=1S/C39H62O13/c1-18-28-26(52-39(18)12-7-20(15-40)17-47-39)14-25-23-6-5-21-13-22(8-10-37(21,3)24(23)9-11-38(25,28)4)49-36-34(32(45)30(43)27(16-41)50-36)51-35-33(46)31(44)29(42)19(2)48-35/h5,18-20,22-36,40-46H,6-17H2,1-4H3/t18-,19+,20+,22-,23-,24+,25+,26+,27+,28+,29-,30-,31+,32-,33-,34+,35+,36+,37-,38+,39-/m0/s1. The van der Waals surface area contributed by atoms with Gasteiger partial charge in [-0.25, -0.2) is 0 Å². The highest BCUT2D eigenvalue weighted by atomic mass is 16.8. The van der Waals surface area contributed by atoms with E-state index in [0.29, 0.717) is 42.6 Å². The molecule has 52 heavy (non-hydrogen) atoms. The summed E-state index contributed by atoms with van der Waals surface area (Å²) in [6, 6.07) is 0. The lowest BCUT2D eigenvalue weighted by Gasteiger charge is -2.58. The number of aliphatic hydroxyl groups is 7. The van der Waals surface area contributed by atoms with Gasteiger partial charge in [0.2, 0.25) is 0 Å². The molecule has 4 aliphatic carbocycles. The molecule has 13 heteroatoms. The number of hydrogen-bond donors (Lipinski definition) is 7. The lowest BCUT2D eigenvalue weighted by atomic mass is 9.47. The number of hydrogen-bond acceptors (Lipinski definition) is 13. The van der Waals surface area contributed by atoms with Crippen LogP contribution in [0.2, 0.25) is 0 Å². The van der Waals surface area contributed by atoms with Gasteiger partial charge in [0.1, 0.15) is 42.7 Å². The number of ether oxygens (including phenoxy) is 6. The zero-order valence-electron chi connectivity index (χ0n) is 31.0. The van der Waals surface area contributed by atoms with Crippen molar-refractivity contribution in [2.45, 2.75) is 165 Å². The SMILES string of the molecule is C[C@H]1O[C@H](O[C@H]2[C@H](O[C@H]3CC[C@@]4(C)C(=CC[C@@H]5[C@H]6C[C@H]7O[C@@]8(CC[C@H](CO)CO8)[C@@H](C)[C@H]7[C@]6(C)CC[C@H]54)C3)O[C@H](CO)[C@H](O)[C@@H]2O)[C@@H](O)[C@H](O)[C@H]1O. The van der Waals surface area contributed by atoms with Crippen molar-refractivity contribution in [3.05, 3.63) is 11.6 Å². The van der Waals surface area contributed by atoms with Gasteiger partial charge in [0, 0.05) is 24.9 Å². The van der Waals surface area contributed by atoms with Gasteiger partial charge in [-0.1, -0.05) is 32.4 Å². The molecule has 0 aromatic rings. The molecule has 3 saturated carbocycles. The van der Waals surface area contributed by atoms with Crippen LogP contribution in [0.4, 0.5) is 0 Å². The summed E-state index contributed by atoms with van der Waals surface area (Å²) >= 11 is 0. The van der Waals surface area contributed by atoms with E-state index < -0.39 is 73.8 Å². The Morgan fingerprint density at radius 2 is 1.60 bits per heavy atom. The molecule has 21 atom stereocenters. The van der Waals surface area contributed by atoms with Gasteiger partial charge in [-0.3, -0.25) is 0 Å². The van der Waals surface area contributed by atoms with Crippen LogP contribution in [0.15, 0.2) is 11.6 Å². The predicted molar refractivity (Wildman–Crippen MR) is 183 cm³/mol. The number of rotatable bonds is 6. The van der Waals surface area contributed by atoms with E-state index in [1.165, 1.54) is 25.3 Å². The van der Waals surface area contributed by atoms with E-state index >= 15 is 0 Å². The Kier molecular flexibility index (Phi) is 10.3. The van der Waals surface area contributed by atoms with E-state index in [9.17, 15) is 35.7 Å². The fraction of sp³-hybridized carbons (Fsp3) is 0.949. The normalized spacial score (nSPS) is 57.5. The Hall–Kier alpha value is -0.780. The molecule has 0 bridgehead atoms. The topological polar surface area (TPSA) is 197 Å². The number of allylic oxidation sites excluding steroid dienone is 1. The van der Waals surface area contributed by atoms with Crippen molar-refractivity contribution in [3.63, 3.8) is 0 Å². The summed E-state index contributed by atoms with van der Waals surface area (Å²) in [5.74, 6) is 2.17. The van der Waals surface area contributed by atoms with E-state index in [1.54, 1.807) is 0 Å². The molecule has 1 spiro atoms. The smallest absolute Gasteiger partial charge is 0.187 e.